The van der Waals surface area contributed by atoms with Gasteiger partial charge in [-0.15, -0.1) is 0 Å². The van der Waals surface area contributed by atoms with Crippen LogP contribution in [0.3, 0.4) is 0 Å². The van der Waals surface area contributed by atoms with Gasteiger partial charge in [-0.3, -0.25) is 9.78 Å². The number of hydrogen-bond acceptors (Lipinski definition) is 4. The van der Waals surface area contributed by atoms with Crippen molar-refractivity contribution in [3.05, 3.63) is 59.7 Å². The lowest BCUT2D eigenvalue weighted by molar-refractivity contribution is 0.0675. The number of likely N-dealkylation sites (tertiary alicyclic amines) is 1. The molecule has 1 amide bonds. The van der Waals surface area contributed by atoms with Crippen molar-refractivity contribution in [3.8, 4) is 0 Å². The summed E-state index contributed by atoms with van der Waals surface area (Å²) in [5.41, 5.74) is 0.715. The van der Waals surface area contributed by atoms with Gasteiger partial charge in [-0.25, -0.2) is 17.5 Å². The number of aromatic nitrogens is 1. The molecular formula is C19H22FN3O3S. The molecule has 1 aliphatic heterocycles. The van der Waals surface area contributed by atoms with Gasteiger partial charge < -0.3 is 4.90 Å². The minimum atomic E-state index is -3.77. The van der Waals surface area contributed by atoms with Crippen molar-refractivity contribution in [1.29, 1.82) is 0 Å². The number of amides is 1. The Morgan fingerprint density at radius 3 is 2.63 bits per heavy atom. The summed E-state index contributed by atoms with van der Waals surface area (Å²) < 4.78 is 40.7. The van der Waals surface area contributed by atoms with Crippen LogP contribution in [0.15, 0.2) is 47.6 Å². The average Bonchev–Trinajstić information content (AvgIpc) is 2.94. The van der Waals surface area contributed by atoms with Gasteiger partial charge in [0.05, 0.1) is 16.5 Å². The van der Waals surface area contributed by atoms with Crippen molar-refractivity contribution in [1.82, 2.24) is 14.6 Å². The van der Waals surface area contributed by atoms with E-state index in [1.165, 1.54) is 7.05 Å². The van der Waals surface area contributed by atoms with Crippen LogP contribution in [0.1, 0.15) is 47.6 Å². The molecule has 0 bridgehead atoms. The Hall–Kier alpha value is -2.32. The topological polar surface area (TPSA) is 79.4 Å². The highest BCUT2D eigenvalue weighted by Gasteiger charge is 2.30. The van der Waals surface area contributed by atoms with Gasteiger partial charge in [0, 0.05) is 18.9 Å². The SMILES string of the molecule is CNS(=O)(=O)c1ccc(F)c(C(=O)N2CCCCCC2c2ccncc2)c1. The maximum atomic E-state index is 14.4. The molecule has 1 fully saturated rings. The number of hydrogen-bond donors (Lipinski definition) is 1. The fourth-order valence-corrected chi connectivity index (χ4v) is 4.15. The van der Waals surface area contributed by atoms with Crippen LogP contribution in [0.25, 0.3) is 0 Å². The van der Waals surface area contributed by atoms with Crippen molar-refractivity contribution in [3.63, 3.8) is 0 Å². The lowest BCUT2D eigenvalue weighted by Gasteiger charge is -2.30. The van der Waals surface area contributed by atoms with Crippen LogP contribution in [0, 0.1) is 5.82 Å². The van der Waals surface area contributed by atoms with E-state index in [4.69, 9.17) is 0 Å². The number of carbonyl (C=O) groups is 1. The summed E-state index contributed by atoms with van der Waals surface area (Å²) >= 11 is 0. The number of benzene rings is 1. The van der Waals surface area contributed by atoms with E-state index in [0.717, 1.165) is 49.4 Å². The fourth-order valence-electron chi connectivity index (χ4n) is 3.39. The number of pyridine rings is 1. The van der Waals surface area contributed by atoms with Crippen LogP contribution >= 0.6 is 0 Å². The molecule has 0 aliphatic carbocycles. The van der Waals surface area contributed by atoms with Crippen LogP contribution in [0.2, 0.25) is 0 Å². The molecule has 0 saturated carbocycles. The molecule has 144 valence electrons. The van der Waals surface area contributed by atoms with E-state index in [1.54, 1.807) is 17.3 Å². The molecule has 8 heteroatoms. The Kier molecular flexibility index (Phi) is 5.86. The summed E-state index contributed by atoms with van der Waals surface area (Å²) in [4.78, 5) is 18.7. The first-order valence-electron chi connectivity index (χ1n) is 8.88. The van der Waals surface area contributed by atoms with Crippen molar-refractivity contribution >= 4 is 15.9 Å². The Labute approximate surface area is 158 Å². The molecule has 1 aromatic heterocycles. The smallest absolute Gasteiger partial charge is 0.257 e. The van der Waals surface area contributed by atoms with Crippen molar-refractivity contribution < 1.29 is 17.6 Å². The largest absolute Gasteiger partial charge is 0.332 e. The second kappa shape index (κ2) is 8.14. The number of sulfonamides is 1. The summed E-state index contributed by atoms with van der Waals surface area (Å²) in [6.07, 6.45) is 6.89. The van der Waals surface area contributed by atoms with E-state index in [2.05, 4.69) is 9.71 Å². The van der Waals surface area contributed by atoms with Crippen LogP contribution in [-0.4, -0.2) is 37.8 Å². The highest BCUT2D eigenvalue weighted by molar-refractivity contribution is 7.89. The third-order valence-corrected chi connectivity index (χ3v) is 6.26. The van der Waals surface area contributed by atoms with Gasteiger partial charge in [0.25, 0.3) is 5.91 Å². The summed E-state index contributed by atoms with van der Waals surface area (Å²) in [6.45, 7) is 0.494. The monoisotopic (exact) mass is 391 g/mol. The first kappa shape index (κ1) is 19.4. The number of carbonyl (C=O) groups excluding carboxylic acids is 1. The predicted octanol–water partition coefficient (Wildman–Crippen LogP) is 2.89. The molecule has 6 nitrogen and oxygen atoms in total. The third-order valence-electron chi connectivity index (χ3n) is 4.85. The number of nitrogens with zero attached hydrogens (tertiary/aromatic N) is 2. The zero-order valence-corrected chi connectivity index (χ0v) is 15.9. The van der Waals surface area contributed by atoms with E-state index in [0.29, 0.717) is 6.54 Å². The molecule has 1 N–H and O–H groups in total. The summed E-state index contributed by atoms with van der Waals surface area (Å²) in [5.74, 6) is -1.22. The van der Waals surface area contributed by atoms with Crippen LogP contribution < -0.4 is 4.72 Å². The van der Waals surface area contributed by atoms with Crippen molar-refractivity contribution in [2.75, 3.05) is 13.6 Å². The third kappa shape index (κ3) is 4.17. The lowest BCUT2D eigenvalue weighted by Crippen LogP contribution is -2.35. The van der Waals surface area contributed by atoms with E-state index in [1.807, 2.05) is 12.1 Å². The molecule has 1 atom stereocenters. The zero-order chi connectivity index (χ0) is 19.4. The van der Waals surface area contributed by atoms with Crippen LogP contribution in [0.5, 0.6) is 0 Å². The molecule has 27 heavy (non-hydrogen) atoms. The van der Waals surface area contributed by atoms with Gasteiger partial charge in [-0.2, -0.15) is 0 Å². The van der Waals surface area contributed by atoms with Crippen molar-refractivity contribution in [2.24, 2.45) is 0 Å². The van der Waals surface area contributed by atoms with E-state index >= 15 is 0 Å². The van der Waals surface area contributed by atoms with Gasteiger partial charge in [0.1, 0.15) is 5.82 Å². The first-order valence-corrected chi connectivity index (χ1v) is 10.4. The molecule has 1 aliphatic rings. The maximum Gasteiger partial charge on any atom is 0.257 e. The van der Waals surface area contributed by atoms with Gasteiger partial charge in [-0.05, 0) is 55.8 Å². The number of halogens is 1. The Bertz CT molecular complexity index is 919. The highest BCUT2D eigenvalue weighted by Crippen LogP contribution is 2.31. The van der Waals surface area contributed by atoms with E-state index in [9.17, 15) is 17.6 Å². The minimum absolute atomic E-state index is 0.134. The lowest BCUT2D eigenvalue weighted by atomic mass is 10.0. The van der Waals surface area contributed by atoms with E-state index in [-0.39, 0.29) is 16.5 Å². The Morgan fingerprint density at radius 1 is 1.19 bits per heavy atom. The summed E-state index contributed by atoms with van der Waals surface area (Å²) in [5, 5.41) is 0. The molecule has 1 unspecified atom stereocenters. The van der Waals surface area contributed by atoms with Crippen LogP contribution in [-0.2, 0) is 10.0 Å². The maximum absolute atomic E-state index is 14.4. The molecule has 0 radical (unpaired) electrons. The Morgan fingerprint density at radius 2 is 1.93 bits per heavy atom. The second-order valence-electron chi connectivity index (χ2n) is 6.49. The number of rotatable bonds is 4. The predicted molar refractivity (Wildman–Crippen MR) is 99.1 cm³/mol. The van der Waals surface area contributed by atoms with Gasteiger partial charge >= 0.3 is 0 Å². The molecule has 0 spiro atoms. The quantitative estimate of drug-likeness (QED) is 0.869. The standard InChI is InChI=1S/C19H22FN3O3S/c1-21-27(25,26)15-6-7-17(20)16(13-15)19(24)23-12-4-2-3-5-18(23)14-8-10-22-11-9-14/h6-11,13,18,21H,2-5,12H2,1H3. The Balaban J connectivity index is 2.01. The summed E-state index contributed by atoms with van der Waals surface area (Å²) in [6, 6.07) is 6.81. The van der Waals surface area contributed by atoms with Crippen molar-refractivity contribution in [2.45, 2.75) is 36.6 Å². The highest BCUT2D eigenvalue weighted by atomic mass is 32.2. The average molecular weight is 391 g/mol. The second-order valence-corrected chi connectivity index (χ2v) is 8.38. The molecule has 2 aromatic rings. The zero-order valence-electron chi connectivity index (χ0n) is 15.1. The minimum Gasteiger partial charge on any atom is -0.332 e. The fraction of sp³-hybridized carbons (Fsp3) is 0.368. The normalized spacial score (nSPS) is 18.1. The summed E-state index contributed by atoms with van der Waals surface area (Å²) in [7, 11) is -2.50. The van der Waals surface area contributed by atoms with Crippen LogP contribution in [0.4, 0.5) is 4.39 Å². The molecule has 3 rings (SSSR count). The first-order chi connectivity index (χ1) is 12.9. The molecular weight excluding hydrogens is 369 g/mol. The number of nitrogens with one attached hydrogen (secondary N) is 1. The molecule has 1 aromatic carbocycles. The van der Waals surface area contributed by atoms with Gasteiger partial charge in [0.2, 0.25) is 10.0 Å². The van der Waals surface area contributed by atoms with Gasteiger partial charge in [0.15, 0.2) is 0 Å². The van der Waals surface area contributed by atoms with E-state index < -0.39 is 21.7 Å². The molecule has 1 saturated heterocycles. The van der Waals surface area contributed by atoms with Gasteiger partial charge in [-0.1, -0.05) is 12.8 Å². The molecule has 2 heterocycles.